The summed E-state index contributed by atoms with van der Waals surface area (Å²) in [6.07, 6.45) is -0.0550. The van der Waals surface area contributed by atoms with Crippen molar-refractivity contribution in [2.45, 2.75) is 125 Å². The van der Waals surface area contributed by atoms with Crippen LogP contribution in [0.4, 0.5) is 26.3 Å². The van der Waals surface area contributed by atoms with Crippen molar-refractivity contribution in [1.29, 1.82) is 0 Å². The third-order valence-electron chi connectivity index (χ3n) is 12.1. The number of benzene rings is 6. The van der Waals surface area contributed by atoms with Crippen LogP contribution in [0, 0.1) is 63.6 Å². The third-order valence-corrected chi connectivity index (χ3v) is 12.1. The number of rotatable bonds is 10. The van der Waals surface area contributed by atoms with Crippen molar-refractivity contribution in [2.24, 2.45) is 0 Å². The first-order valence-electron chi connectivity index (χ1n) is 22.5. The Hall–Kier alpha value is -5.02. The van der Waals surface area contributed by atoms with Gasteiger partial charge in [-0.3, -0.25) is 0 Å². The van der Waals surface area contributed by atoms with Gasteiger partial charge in [0.1, 0.15) is 23.0 Å². The molecule has 11 heteroatoms. The Labute approximate surface area is 431 Å². The quantitative estimate of drug-likeness (QED) is 0.0621. The minimum atomic E-state index is -1.76. The molecule has 6 aromatic carbocycles. The van der Waals surface area contributed by atoms with Crippen LogP contribution in [0.3, 0.4) is 0 Å². The fourth-order valence-corrected chi connectivity index (χ4v) is 7.98. The van der Waals surface area contributed by atoms with Gasteiger partial charge in [0.15, 0.2) is 34.9 Å². The number of hydrogen-bond acceptors (Lipinski definition) is 4. The maximum Gasteiger partial charge on any atom is 2.00 e. The van der Waals surface area contributed by atoms with Crippen LogP contribution in [0.1, 0.15) is 123 Å². The second kappa shape index (κ2) is 21.8. The molecule has 0 bridgehead atoms. The summed E-state index contributed by atoms with van der Waals surface area (Å²) in [5.41, 5.74) is 4.84. The van der Waals surface area contributed by atoms with Crippen LogP contribution < -0.4 is 9.47 Å². The zero-order valence-electron chi connectivity index (χ0n) is 43.5. The van der Waals surface area contributed by atoms with E-state index < -0.39 is 57.5 Å². The summed E-state index contributed by atoms with van der Waals surface area (Å²) in [5, 5.41) is 23.8. The smallest absolute Gasteiger partial charge is 0.507 e. The third kappa shape index (κ3) is 12.5. The number of ether oxygens (including phenoxy) is 2. The average Bonchev–Trinajstić information content (AvgIpc) is 3.22. The molecule has 0 fully saturated rings. The summed E-state index contributed by atoms with van der Waals surface area (Å²) >= 11 is 0. The van der Waals surface area contributed by atoms with Gasteiger partial charge in [0.25, 0.3) is 0 Å². The van der Waals surface area contributed by atoms with E-state index in [-0.39, 0.29) is 105 Å². The van der Waals surface area contributed by atoms with Crippen LogP contribution in [0.5, 0.6) is 23.0 Å². The van der Waals surface area contributed by atoms with Gasteiger partial charge in [-0.25, -0.2) is 26.3 Å². The molecule has 0 saturated carbocycles. The Morgan fingerprint density at radius 1 is 0.400 bits per heavy atom. The van der Waals surface area contributed by atoms with Crippen LogP contribution in [-0.2, 0) is 47.9 Å². The zero-order chi connectivity index (χ0) is 49.9. The number of phenols is 2. The normalized spacial score (nSPS) is 11.9. The molecule has 0 aliphatic heterocycles. The molecule has 374 valence electrons. The summed E-state index contributed by atoms with van der Waals surface area (Å²) in [6.45, 7) is 27.7. The van der Waals surface area contributed by atoms with Crippen molar-refractivity contribution in [3.8, 4) is 67.5 Å². The molecule has 70 heavy (non-hydrogen) atoms. The number of hydrogen-bond donors (Lipinski definition) is 2. The van der Waals surface area contributed by atoms with Crippen LogP contribution in [0.2, 0.25) is 0 Å². The molecule has 0 amide bonds. The Kier molecular flexibility index (Phi) is 18.4. The van der Waals surface area contributed by atoms with E-state index in [1.807, 2.05) is 24.3 Å². The average molecular weight is 1050 g/mol. The molecule has 0 spiro atoms. The molecule has 6 rings (SSSR count). The number of phenolic OH excluding ortho intramolecular Hbond substituents is 2. The molecule has 6 aromatic rings. The maximum absolute atomic E-state index is 16.0. The minimum absolute atomic E-state index is 0. The molecule has 0 aliphatic rings. The number of aryl methyl sites for hydroxylation is 2. The summed E-state index contributed by atoms with van der Waals surface area (Å²) in [5.74, 6) is -11.3. The van der Waals surface area contributed by atoms with Crippen molar-refractivity contribution < 1.29 is 72.2 Å². The molecule has 2 N–H and O–H groups in total. The first-order valence-corrected chi connectivity index (χ1v) is 22.5. The zero-order valence-corrected chi connectivity index (χ0v) is 46.0. The first kappa shape index (κ1) is 59.3. The van der Waals surface area contributed by atoms with Crippen LogP contribution in [-0.4, -0.2) is 23.4 Å². The second-order valence-electron chi connectivity index (χ2n) is 21.8. The molecule has 0 unspecified atom stereocenters. The van der Waals surface area contributed by atoms with E-state index in [2.05, 4.69) is 95.2 Å². The van der Waals surface area contributed by atoms with E-state index in [4.69, 9.17) is 9.47 Å². The largest absolute Gasteiger partial charge is 2.00 e. The van der Waals surface area contributed by atoms with Gasteiger partial charge in [-0.15, -0.1) is 0 Å². The van der Waals surface area contributed by atoms with Crippen molar-refractivity contribution in [2.75, 3.05) is 13.2 Å². The predicted molar refractivity (Wildman–Crippen MR) is 270 cm³/mol. The van der Waals surface area contributed by atoms with E-state index in [1.165, 1.54) is 12.1 Å². The molecular weight excluding hydrogens is 978 g/mol. The van der Waals surface area contributed by atoms with Crippen molar-refractivity contribution in [3.63, 3.8) is 0 Å². The van der Waals surface area contributed by atoms with Gasteiger partial charge in [-0.05, 0) is 104 Å². The minimum Gasteiger partial charge on any atom is -0.507 e. The molecule has 4 nitrogen and oxygen atoms in total. The summed E-state index contributed by atoms with van der Waals surface area (Å²) in [4.78, 5) is 0. The fourth-order valence-electron chi connectivity index (χ4n) is 7.98. The number of aromatic hydroxyl groups is 2. The van der Waals surface area contributed by atoms with Gasteiger partial charge in [0.2, 0.25) is 0 Å². The van der Waals surface area contributed by atoms with Crippen molar-refractivity contribution in [3.05, 3.63) is 156 Å². The second-order valence-corrected chi connectivity index (χ2v) is 21.8. The van der Waals surface area contributed by atoms with E-state index in [0.717, 1.165) is 22.3 Å². The van der Waals surface area contributed by atoms with Crippen LogP contribution in [0.15, 0.2) is 72.8 Å². The molecule has 0 radical (unpaired) electrons. The standard InChI is InChI=1S/C57H62F6O4.2CH3.Zr/c1-30-18-38(32-22-34(54(3,4)5)26-35(23-32)55(6,7)8)52(64)40(20-30)46-44(28-42(58)48(60)50(46)62)66-16-15-17-67-45-29-43(59)49(61)51(63)47(45)41-21-31(2)19-39(53(41)65)33-24-36(56(9,10)11)27-37(25-33)57(12,13)14;;;/h18-29,64-65H,15-17H2,1-14H3;2*1H3;/q;2*-1;+2. The van der Waals surface area contributed by atoms with Crippen LogP contribution in [0.25, 0.3) is 44.5 Å². The van der Waals surface area contributed by atoms with Crippen molar-refractivity contribution >= 4 is 0 Å². The molecule has 0 aromatic heterocycles. The Morgan fingerprint density at radius 2 is 0.671 bits per heavy atom. The summed E-state index contributed by atoms with van der Waals surface area (Å²) in [6, 6.07) is 19.8. The summed E-state index contributed by atoms with van der Waals surface area (Å²) < 4.78 is 104. The first-order chi connectivity index (χ1) is 30.9. The van der Waals surface area contributed by atoms with Gasteiger partial charge in [-0.2, -0.15) is 0 Å². The topological polar surface area (TPSA) is 58.9 Å². The SMILES string of the molecule is Cc1cc(-c2cc(C(C)(C)C)cc(C(C)(C)C)c2)c(O)c(-c2c(OCCCOc3cc(F)c(F)c(F)c3-c3cc(C)cc(-c4cc(C(C)(C)C)cc(C(C)(C)C)c4)c3O)cc(F)c(F)c2F)c1.[CH3-].[CH3-].[Zr+2]. The predicted octanol–water partition coefficient (Wildman–Crippen LogP) is 17.2. The monoisotopic (exact) mass is 1040 g/mol. The van der Waals surface area contributed by atoms with Gasteiger partial charge in [-0.1, -0.05) is 119 Å². The molecule has 0 aliphatic carbocycles. The molecule has 0 atom stereocenters. The fraction of sp³-hybridized carbons (Fsp3) is 0.356. The van der Waals surface area contributed by atoms with Crippen LogP contribution >= 0.6 is 0 Å². The van der Waals surface area contributed by atoms with Gasteiger partial charge >= 0.3 is 26.2 Å². The summed E-state index contributed by atoms with van der Waals surface area (Å²) in [7, 11) is 0. The van der Waals surface area contributed by atoms with Gasteiger partial charge < -0.3 is 34.5 Å². The Bertz CT molecular complexity index is 2620. The maximum atomic E-state index is 16.0. The van der Waals surface area contributed by atoms with Gasteiger partial charge in [0.05, 0.1) is 24.3 Å². The van der Waals surface area contributed by atoms with E-state index in [0.29, 0.717) is 45.5 Å². The number of halogens is 6. The molecule has 0 saturated heterocycles. The van der Waals surface area contributed by atoms with Gasteiger partial charge in [0, 0.05) is 40.8 Å². The van der Waals surface area contributed by atoms with E-state index >= 15 is 17.6 Å². The Morgan fingerprint density at radius 3 is 0.943 bits per heavy atom. The van der Waals surface area contributed by atoms with E-state index in [9.17, 15) is 19.0 Å². The van der Waals surface area contributed by atoms with E-state index in [1.54, 1.807) is 26.0 Å². The molecular formula is C59H68F6O4Zr. The molecule has 0 heterocycles. The Balaban J connectivity index is 0.00000432. The van der Waals surface area contributed by atoms with Crippen molar-refractivity contribution in [1.82, 2.24) is 0 Å².